The minimum Gasteiger partial charge on any atom is -0.550 e. The largest absolute Gasteiger partial charge is 0.550 e. The number of aliphatic hydroxyl groups excluding tert-OH is 1. The molecule has 0 aliphatic rings. The van der Waals surface area contributed by atoms with Crippen molar-refractivity contribution in [1.82, 2.24) is 0 Å². The van der Waals surface area contributed by atoms with Crippen molar-refractivity contribution in [2.45, 2.75) is 89.3 Å². The van der Waals surface area contributed by atoms with Crippen molar-refractivity contribution in [3.63, 3.8) is 0 Å². The molecule has 0 saturated carbocycles. The topological polar surface area (TPSA) is 97.7 Å². The number of rotatable bonds is 16. The molecule has 0 aromatic rings. The van der Waals surface area contributed by atoms with Crippen LogP contribution in [0.4, 0.5) is 0 Å². The van der Waals surface area contributed by atoms with Crippen LogP contribution in [0.1, 0.15) is 77.6 Å². The third-order valence-corrected chi connectivity index (χ3v) is 4.50. The number of Topliss-reactive ketones (excluding diaryl/α,β-unsaturated/α-hetero) is 1. The Morgan fingerprint density at radius 3 is 1.96 bits per heavy atom. The van der Waals surface area contributed by atoms with Crippen molar-refractivity contribution in [3.05, 3.63) is 0 Å². The van der Waals surface area contributed by atoms with Gasteiger partial charge in [0.25, 0.3) is 0 Å². The SMILES string of the molecule is CCCCCCCCCCC(O)CC(=O)C(O)(CC(=O)[O-])C[N+](C)(C)C. The molecule has 0 aromatic heterocycles. The molecule has 0 bridgehead atoms. The van der Waals surface area contributed by atoms with Crippen molar-refractivity contribution in [2.75, 3.05) is 27.7 Å². The van der Waals surface area contributed by atoms with Crippen LogP contribution in [0, 0.1) is 0 Å². The number of carbonyl (C=O) groups excluding carboxylic acids is 2. The third kappa shape index (κ3) is 12.4. The molecular weight excluding hydrogens is 334 g/mol. The average molecular weight is 374 g/mol. The number of aliphatic carboxylic acids is 1. The molecule has 0 aromatic carbocycles. The Labute approximate surface area is 158 Å². The minimum atomic E-state index is -2.00. The molecule has 154 valence electrons. The van der Waals surface area contributed by atoms with Crippen LogP contribution in [0.3, 0.4) is 0 Å². The lowest BCUT2D eigenvalue weighted by molar-refractivity contribution is -0.875. The first-order valence-corrected chi connectivity index (χ1v) is 9.94. The van der Waals surface area contributed by atoms with Crippen molar-refractivity contribution >= 4 is 11.8 Å². The van der Waals surface area contributed by atoms with E-state index in [2.05, 4.69) is 6.92 Å². The molecule has 0 rings (SSSR count). The van der Waals surface area contributed by atoms with E-state index in [1.807, 2.05) is 0 Å². The van der Waals surface area contributed by atoms with Gasteiger partial charge in [0.1, 0.15) is 6.54 Å². The predicted molar refractivity (Wildman–Crippen MR) is 100 cm³/mol. The van der Waals surface area contributed by atoms with E-state index in [9.17, 15) is 24.9 Å². The summed E-state index contributed by atoms with van der Waals surface area (Å²) < 4.78 is 0.240. The number of nitrogens with zero attached hydrogens (tertiary/aromatic N) is 1. The second kappa shape index (κ2) is 12.4. The third-order valence-electron chi connectivity index (χ3n) is 4.50. The molecular formula is C20H39NO5. The van der Waals surface area contributed by atoms with Gasteiger partial charge in [-0.25, -0.2) is 0 Å². The fourth-order valence-electron chi connectivity index (χ4n) is 3.29. The monoisotopic (exact) mass is 373 g/mol. The molecule has 26 heavy (non-hydrogen) atoms. The van der Waals surface area contributed by atoms with Gasteiger partial charge in [0.05, 0.1) is 27.2 Å². The summed E-state index contributed by atoms with van der Waals surface area (Å²) in [5.74, 6) is -2.09. The molecule has 0 radical (unpaired) electrons. The first-order chi connectivity index (χ1) is 12.0. The van der Waals surface area contributed by atoms with Gasteiger partial charge in [-0.3, -0.25) is 4.79 Å². The number of unbranched alkanes of at least 4 members (excludes halogenated alkanes) is 7. The quantitative estimate of drug-likeness (QED) is 0.315. The minimum absolute atomic E-state index is 0.0374. The summed E-state index contributed by atoms with van der Waals surface area (Å²) in [6.07, 6.45) is 7.89. The predicted octanol–water partition coefficient (Wildman–Crippen LogP) is 1.41. The molecule has 0 spiro atoms. The summed E-state index contributed by atoms with van der Waals surface area (Å²) in [5.41, 5.74) is -2.00. The number of aliphatic hydroxyl groups is 2. The maximum atomic E-state index is 12.4. The van der Waals surface area contributed by atoms with E-state index in [0.717, 1.165) is 19.3 Å². The Bertz CT molecular complexity index is 419. The van der Waals surface area contributed by atoms with Gasteiger partial charge in [0.2, 0.25) is 0 Å². The standard InChI is InChI=1S/C20H39NO5/c1-5-6-7-8-9-10-11-12-13-17(22)14-18(23)20(26,15-19(24)25)16-21(2,3)4/h17,22,26H,5-16H2,1-4H3. The molecule has 0 heterocycles. The lowest BCUT2D eigenvalue weighted by atomic mass is 9.88. The summed E-state index contributed by atoms with van der Waals surface area (Å²) in [6.45, 7) is 2.15. The van der Waals surface area contributed by atoms with Crippen LogP contribution in [0.15, 0.2) is 0 Å². The zero-order valence-corrected chi connectivity index (χ0v) is 17.1. The van der Waals surface area contributed by atoms with Gasteiger partial charge >= 0.3 is 0 Å². The maximum absolute atomic E-state index is 12.4. The van der Waals surface area contributed by atoms with Crippen molar-refractivity contribution in [3.8, 4) is 0 Å². The van der Waals surface area contributed by atoms with Gasteiger partial charge in [0.15, 0.2) is 11.4 Å². The van der Waals surface area contributed by atoms with E-state index in [-0.39, 0.29) is 17.4 Å². The van der Waals surface area contributed by atoms with Crippen LogP contribution in [-0.4, -0.2) is 65.8 Å². The summed E-state index contributed by atoms with van der Waals surface area (Å²) in [4.78, 5) is 23.3. The van der Waals surface area contributed by atoms with E-state index in [1.165, 1.54) is 32.1 Å². The van der Waals surface area contributed by atoms with Crippen LogP contribution >= 0.6 is 0 Å². The van der Waals surface area contributed by atoms with Gasteiger partial charge in [0, 0.05) is 18.8 Å². The Morgan fingerprint density at radius 1 is 1.00 bits per heavy atom. The Morgan fingerprint density at radius 2 is 1.50 bits per heavy atom. The lowest BCUT2D eigenvalue weighted by Gasteiger charge is -2.35. The van der Waals surface area contributed by atoms with Gasteiger partial charge < -0.3 is 24.6 Å². The first-order valence-electron chi connectivity index (χ1n) is 9.94. The van der Waals surface area contributed by atoms with E-state index < -0.39 is 29.9 Å². The van der Waals surface area contributed by atoms with Crippen molar-refractivity contribution in [1.29, 1.82) is 0 Å². The highest BCUT2D eigenvalue weighted by Gasteiger charge is 2.41. The zero-order valence-electron chi connectivity index (χ0n) is 17.1. The highest BCUT2D eigenvalue weighted by atomic mass is 16.4. The summed E-state index contributed by atoms with van der Waals surface area (Å²) >= 11 is 0. The van der Waals surface area contributed by atoms with Crippen LogP contribution < -0.4 is 5.11 Å². The van der Waals surface area contributed by atoms with Gasteiger partial charge in [-0.2, -0.15) is 0 Å². The number of hydrogen-bond donors (Lipinski definition) is 2. The second-order valence-corrected chi connectivity index (χ2v) is 8.57. The summed E-state index contributed by atoms with van der Waals surface area (Å²) in [5, 5.41) is 31.6. The van der Waals surface area contributed by atoms with E-state index in [1.54, 1.807) is 21.1 Å². The second-order valence-electron chi connectivity index (χ2n) is 8.57. The number of carboxylic acids is 1. The van der Waals surface area contributed by atoms with Crippen LogP contribution in [0.5, 0.6) is 0 Å². The number of likely N-dealkylation sites (N-methyl/N-ethyl adjacent to an activating group) is 1. The average Bonchev–Trinajstić information content (AvgIpc) is 2.47. The zero-order chi connectivity index (χ0) is 20.2. The van der Waals surface area contributed by atoms with Gasteiger partial charge in [-0.15, -0.1) is 0 Å². The molecule has 0 amide bonds. The molecule has 2 N–H and O–H groups in total. The number of ketones is 1. The molecule has 2 unspecified atom stereocenters. The molecule has 2 atom stereocenters. The Kier molecular flexibility index (Phi) is 11.9. The molecule has 6 nitrogen and oxygen atoms in total. The normalized spacial score (nSPS) is 15.5. The molecule has 6 heteroatoms. The Balaban J connectivity index is 4.28. The smallest absolute Gasteiger partial charge is 0.177 e. The van der Waals surface area contributed by atoms with Crippen molar-refractivity contribution in [2.24, 2.45) is 0 Å². The maximum Gasteiger partial charge on any atom is 0.177 e. The fraction of sp³-hybridized carbons (Fsp3) is 0.900. The van der Waals surface area contributed by atoms with Gasteiger partial charge in [-0.1, -0.05) is 58.3 Å². The van der Waals surface area contributed by atoms with Crippen molar-refractivity contribution < 1.29 is 29.4 Å². The Hall–Kier alpha value is -0.980. The number of carbonyl (C=O) groups is 2. The first kappa shape index (κ1) is 25.0. The molecule has 0 saturated heterocycles. The van der Waals surface area contributed by atoms with E-state index in [0.29, 0.717) is 6.42 Å². The number of hydrogen-bond acceptors (Lipinski definition) is 5. The van der Waals surface area contributed by atoms with E-state index in [4.69, 9.17) is 0 Å². The van der Waals surface area contributed by atoms with Crippen LogP contribution in [-0.2, 0) is 9.59 Å². The highest BCUT2D eigenvalue weighted by Crippen LogP contribution is 2.20. The van der Waals surface area contributed by atoms with E-state index >= 15 is 0 Å². The fourth-order valence-corrected chi connectivity index (χ4v) is 3.29. The lowest BCUT2D eigenvalue weighted by Crippen LogP contribution is -2.56. The highest BCUT2D eigenvalue weighted by molar-refractivity contribution is 5.91. The molecule has 0 fully saturated rings. The molecule has 0 aliphatic heterocycles. The molecule has 0 aliphatic carbocycles. The van der Waals surface area contributed by atoms with Crippen LogP contribution in [0.2, 0.25) is 0 Å². The number of quaternary nitrogens is 1. The van der Waals surface area contributed by atoms with Crippen LogP contribution in [0.25, 0.3) is 0 Å². The summed E-state index contributed by atoms with van der Waals surface area (Å²) in [7, 11) is 5.30. The summed E-state index contributed by atoms with van der Waals surface area (Å²) in [6, 6.07) is 0. The van der Waals surface area contributed by atoms with Gasteiger partial charge in [-0.05, 0) is 6.42 Å². The number of carboxylic acid groups (broad SMARTS) is 1.